The number of carbonyl (C=O) groups is 1. The fourth-order valence-corrected chi connectivity index (χ4v) is 5.29. The lowest BCUT2D eigenvalue weighted by atomic mass is 10.0. The maximum atomic E-state index is 12.0. The molecule has 6 nitrogen and oxygen atoms in total. The monoisotopic (exact) mass is 505 g/mol. The predicted octanol–water partition coefficient (Wildman–Crippen LogP) is 6.59. The second-order valence-electron chi connectivity index (χ2n) is 8.28. The number of nitrogens with one attached hydrogen (secondary N) is 1. The maximum Gasteiger partial charge on any atom is 0.337 e. The minimum Gasteiger partial charge on any atom is -0.478 e. The number of aromatic nitrogens is 1. The van der Waals surface area contributed by atoms with Crippen molar-refractivity contribution in [2.24, 2.45) is 5.92 Å². The molecule has 4 rings (SSSR count). The van der Waals surface area contributed by atoms with Gasteiger partial charge in [0.15, 0.2) is 5.13 Å². The molecule has 1 aliphatic heterocycles. The number of hydrogen-bond acceptors (Lipinski definition) is 6. The van der Waals surface area contributed by atoms with E-state index in [1.165, 1.54) is 0 Å². The number of carboxylic acid groups (broad SMARTS) is 1. The van der Waals surface area contributed by atoms with Crippen LogP contribution in [0.1, 0.15) is 29.1 Å². The zero-order valence-electron chi connectivity index (χ0n) is 18.4. The number of halogens is 2. The summed E-state index contributed by atoms with van der Waals surface area (Å²) in [4.78, 5) is 20.0. The van der Waals surface area contributed by atoms with Crippen molar-refractivity contribution in [1.29, 1.82) is 0 Å². The van der Waals surface area contributed by atoms with Gasteiger partial charge in [0, 0.05) is 29.2 Å². The fourth-order valence-electron chi connectivity index (χ4n) is 3.77. The molecule has 33 heavy (non-hydrogen) atoms. The molecule has 0 aliphatic carbocycles. The van der Waals surface area contributed by atoms with Gasteiger partial charge >= 0.3 is 5.97 Å². The van der Waals surface area contributed by atoms with Crippen LogP contribution < -0.4 is 10.2 Å². The minimum absolute atomic E-state index is 0.255. The van der Waals surface area contributed by atoms with Crippen molar-refractivity contribution in [2.75, 3.05) is 36.5 Å². The molecule has 9 heteroatoms. The van der Waals surface area contributed by atoms with Crippen LogP contribution in [0.2, 0.25) is 10.0 Å². The number of aromatic carboxylic acids is 1. The normalized spacial score (nSPS) is 14.0. The van der Waals surface area contributed by atoms with Crippen LogP contribution in [0.15, 0.2) is 36.4 Å². The summed E-state index contributed by atoms with van der Waals surface area (Å²) in [6.07, 6.45) is 0.866. The highest BCUT2D eigenvalue weighted by molar-refractivity contribution is 7.16. The van der Waals surface area contributed by atoms with Gasteiger partial charge in [-0.15, -0.1) is 11.3 Å². The van der Waals surface area contributed by atoms with Gasteiger partial charge in [-0.1, -0.05) is 43.1 Å². The summed E-state index contributed by atoms with van der Waals surface area (Å²) in [6, 6.07) is 10.9. The van der Waals surface area contributed by atoms with Crippen LogP contribution >= 0.6 is 34.5 Å². The highest BCUT2D eigenvalue weighted by Crippen LogP contribution is 2.37. The lowest BCUT2D eigenvalue weighted by Crippen LogP contribution is -2.37. The second kappa shape index (κ2) is 10.3. The highest BCUT2D eigenvalue weighted by atomic mass is 35.5. The molecule has 1 fully saturated rings. The van der Waals surface area contributed by atoms with E-state index in [9.17, 15) is 9.90 Å². The van der Waals surface area contributed by atoms with Crippen LogP contribution in [0, 0.1) is 5.92 Å². The molecule has 0 amide bonds. The molecule has 1 saturated heterocycles. The van der Waals surface area contributed by atoms with Gasteiger partial charge < -0.3 is 20.1 Å². The SMILES string of the molecule is CC(C)Cc1sc(Nc2ccc(N3CCOCC3)c(C(=O)O)c2)nc1-c1ccc(Cl)c(Cl)c1. The van der Waals surface area contributed by atoms with E-state index in [1.54, 1.807) is 23.5 Å². The third-order valence-electron chi connectivity index (χ3n) is 5.31. The Hall–Kier alpha value is -2.32. The smallest absolute Gasteiger partial charge is 0.337 e. The third-order valence-corrected chi connectivity index (χ3v) is 7.05. The number of thiazole rings is 1. The van der Waals surface area contributed by atoms with Gasteiger partial charge in [-0.3, -0.25) is 0 Å². The standard InChI is InChI=1S/C24H25Cl2N3O3S/c1-14(2)11-21-22(15-3-5-18(25)19(26)12-15)28-24(33-21)27-16-4-6-20(17(13-16)23(30)31)29-7-9-32-10-8-29/h3-6,12-14H,7-11H2,1-2H3,(H,27,28)(H,30,31). The Bertz CT molecular complexity index is 1160. The quantitative estimate of drug-likeness (QED) is 0.377. The van der Waals surface area contributed by atoms with Crippen molar-refractivity contribution < 1.29 is 14.6 Å². The van der Waals surface area contributed by atoms with Gasteiger partial charge in [-0.25, -0.2) is 9.78 Å². The number of carboxylic acids is 1. The number of ether oxygens (including phenoxy) is 1. The Kier molecular flexibility index (Phi) is 7.44. The first-order valence-corrected chi connectivity index (χ1v) is 12.3. The fraction of sp³-hybridized carbons (Fsp3) is 0.333. The van der Waals surface area contributed by atoms with Crippen molar-refractivity contribution >= 4 is 57.0 Å². The molecule has 174 valence electrons. The van der Waals surface area contributed by atoms with Gasteiger partial charge in [-0.2, -0.15) is 0 Å². The van der Waals surface area contributed by atoms with Gasteiger partial charge in [-0.05, 0) is 42.7 Å². The van der Waals surface area contributed by atoms with Crippen molar-refractivity contribution in [3.05, 3.63) is 56.9 Å². The zero-order valence-corrected chi connectivity index (χ0v) is 20.7. The summed E-state index contributed by atoms with van der Waals surface area (Å²) in [6.45, 7) is 6.85. The summed E-state index contributed by atoms with van der Waals surface area (Å²) in [5.41, 5.74) is 3.39. The van der Waals surface area contributed by atoms with E-state index < -0.39 is 5.97 Å². The number of anilines is 3. The Labute approximate surface area is 207 Å². The van der Waals surface area contributed by atoms with Crippen LogP contribution in [-0.4, -0.2) is 42.4 Å². The predicted molar refractivity (Wildman–Crippen MR) is 136 cm³/mol. The molecule has 1 aromatic heterocycles. The molecule has 3 aromatic rings. The summed E-state index contributed by atoms with van der Waals surface area (Å²) in [5, 5.41) is 14.8. The summed E-state index contributed by atoms with van der Waals surface area (Å²) in [5.74, 6) is -0.512. The third kappa shape index (κ3) is 5.61. The van der Waals surface area contributed by atoms with Crippen LogP contribution in [-0.2, 0) is 11.2 Å². The summed E-state index contributed by atoms with van der Waals surface area (Å²) < 4.78 is 5.39. The zero-order chi connectivity index (χ0) is 23.5. The molecule has 2 aromatic carbocycles. The first-order chi connectivity index (χ1) is 15.8. The molecular weight excluding hydrogens is 481 g/mol. The van der Waals surface area contributed by atoms with Gasteiger partial charge in [0.05, 0.1) is 40.2 Å². The summed E-state index contributed by atoms with van der Waals surface area (Å²) in [7, 11) is 0. The van der Waals surface area contributed by atoms with Crippen molar-refractivity contribution in [1.82, 2.24) is 4.98 Å². The first kappa shape index (κ1) is 23.8. The highest BCUT2D eigenvalue weighted by Gasteiger charge is 2.20. The van der Waals surface area contributed by atoms with Gasteiger partial charge in [0.25, 0.3) is 0 Å². The first-order valence-electron chi connectivity index (χ1n) is 10.7. The van der Waals surface area contributed by atoms with Gasteiger partial charge in [0.2, 0.25) is 0 Å². The topological polar surface area (TPSA) is 74.7 Å². The molecular formula is C24H25Cl2N3O3S. The van der Waals surface area contributed by atoms with E-state index in [0.717, 1.165) is 22.6 Å². The molecule has 0 radical (unpaired) electrons. The van der Waals surface area contributed by atoms with Crippen molar-refractivity contribution in [3.63, 3.8) is 0 Å². The van der Waals surface area contributed by atoms with Crippen LogP contribution in [0.3, 0.4) is 0 Å². The van der Waals surface area contributed by atoms with E-state index in [0.29, 0.717) is 58.8 Å². The second-order valence-corrected chi connectivity index (χ2v) is 10.2. The largest absolute Gasteiger partial charge is 0.478 e. The molecule has 0 spiro atoms. The molecule has 1 aliphatic rings. The van der Waals surface area contributed by atoms with Crippen LogP contribution in [0.4, 0.5) is 16.5 Å². The Morgan fingerprint density at radius 2 is 1.94 bits per heavy atom. The Morgan fingerprint density at radius 1 is 1.18 bits per heavy atom. The molecule has 0 bridgehead atoms. The molecule has 0 atom stereocenters. The molecule has 0 unspecified atom stereocenters. The lowest BCUT2D eigenvalue weighted by molar-refractivity contribution is 0.0696. The molecule has 0 saturated carbocycles. The van der Waals surface area contributed by atoms with E-state index in [2.05, 4.69) is 19.2 Å². The van der Waals surface area contributed by atoms with E-state index >= 15 is 0 Å². The average molecular weight is 506 g/mol. The lowest BCUT2D eigenvalue weighted by Gasteiger charge is -2.30. The minimum atomic E-state index is -0.962. The maximum absolute atomic E-state index is 12.0. The van der Waals surface area contributed by atoms with E-state index in [1.807, 2.05) is 29.2 Å². The van der Waals surface area contributed by atoms with Crippen LogP contribution in [0.25, 0.3) is 11.3 Å². The Balaban J connectivity index is 1.65. The Morgan fingerprint density at radius 3 is 2.61 bits per heavy atom. The number of rotatable bonds is 7. The van der Waals surface area contributed by atoms with E-state index in [4.69, 9.17) is 32.9 Å². The average Bonchev–Trinajstić information content (AvgIpc) is 3.17. The number of nitrogens with zero attached hydrogens (tertiary/aromatic N) is 2. The van der Waals surface area contributed by atoms with E-state index in [-0.39, 0.29) is 5.56 Å². The number of morpholine rings is 1. The summed E-state index contributed by atoms with van der Waals surface area (Å²) >= 11 is 13.9. The van der Waals surface area contributed by atoms with Gasteiger partial charge in [0.1, 0.15) is 0 Å². The molecule has 2 N–H and O–H groups in total. The molecule has 2 heterocycles. The number of hydrogen-bond donors (Lipinski definition) is 2. The number of benzene rings is 2. The van der Waals surface area contributed by atoms with Crippen molar-refractivity contribution in [3.8, 4) is 11.3 Å². The van der Waals surface area contributed by atoms with Crippen molar-refractivity contribution in [2.45, 2.75) is 20.3 Å². The van der Waals surface area contributed by atoms with Crippen LogP contribution in [0.5, 0.6) is 0 Å².